The molecule has 1 aromatic carbocycles. The van der Waals surface area contributed by atoms with E-state index in [2.05, 4.69) is 0 Å². The standard InChI is InChI=1S/C15H17FO5/c16-12-5-10(8-17)6-13(7-12)21-9-15(20)3-1-11(2-4-15)14(18)19/h5-8,11,20H,1-4,9H2,(H,18,19). The van der Waals surface area contributed by atoms with Crippen molar-refractivity contribution in [2.75, 3.05) is 6.61 Å². The summed E-state index contributed by atoms with van der Waals surface area (Å²) in [5.74, 6) is -1.69. The Balaban J connectivity index is 1.95. The van der Waals surface area contributed by atoms with Gasteiger partial charge in [0.25, 0.3) is 0 Å². The summed E-state index contributed by atoms with van der Waals surface area (Å²) in [7, 11) is 0. The van der Waals surface area contributed by atoms with Crippen LogP contribution in [-0.4, -0.2) is 34.7 Å². The molecule has 0 atom stereocenters. The molecular formula is C15H17FO5. The quantitative estimate of drug-likeness (QED) is 0.812. The lowest BCUT2D eigenvalue weighted by Gasteiger charge is -2.34. The summed E-state index contributed by atoms with van der Waals surface area (Å²) < 4.78 is 18.6. The molecule has 0 radical (unpaired) electrons. The van der Waals surface area contributed by atoms with Crippen molar-refractivity contribution >= 4 is 12.3 Å². The highest BCUT2D eigenvalue weighted by atomic mass is 19.1. The second-order valence-electron chi connectivity index (χ2n) is 5.46. The van der Waals surface area contributed by atoms with Crippen LogP contribution in [0.1, 0.15) is 36.0 Å². The minimum absolute atomic E-state index is 0.0545. The lowest BCUT2D eigenvalue weighted by Crippen LogP contribution is -2.41. The summed E-state index contributed by atoms with van der Waals surface area (Å²) in [5.41, 5.74) is -0.953. The maximum Gasteiger partial charge on any atom is 0.306 e. The monoisotopic (exact) mass is 296 g/mol. The first-order valence-corrected chi connectivity index (χ1v) is 6.76. The average Bonchev–Trinajstić information content (AvgIpc) is 2.45. The highest BCUT2D eigenvalue weighted by Gasteiger charge is 2.36. The number of halogens is 1. The van der Waals surface area contributed by atoms with Gasteiger partial charge in [0.05, 0.1) is 11.5 Å². The van der Waals surface area contributed by atoms with E-state index in [9.17, 15) is 19.1 Å². The SMILES string of the molecule is O=Cc1cc(F)cc(OCC2(O)CCC(C(=O)O)CC2)c1. The number of aliphatic hydroxyl groups is 1. The first kappa shape index (κ1) is 15.4. The van der Waals surface area contributed by atoms with Gasteiger partial charge in [0.15, 0.2) is 0 Å². The largest absolute Gasteiger partial charge is 0.490 e. The Morgan fingerprint density at radius 3 is 2.62 bits per heavy atom. The molecule has 114 valence electrons. The molecule has 6 heteroatoms. The van der Waals surface area contributed by atoms with Gasteiger partial charge in [0, 0.05) is 11.6 Å². The smallest absolute Gasteiger partial charge is 0.306 e. The normalized spacial score (nSPS) is 25.3. The predicted octanol–water partition coefficient (Wildman–Crippen LogP) is 2.02. The number of carbonyl (C=O) groups excluding carboxylic acids is 1. The van der Waals surface area contributed by atoms with Crippen molar-refractivity contribution in [1.82, 2.24) is 0 Å². The first-order chi connectivity index (χ1) is 9.92. The Morgan fingerprint density at radius 2 is 2.05 bits per heavy atom. The van der Waals surface area contributed by atoms with Crippen LogP contribution in [0.2, 0.25) is 0 Å². The van der Waals surface area contributed by atoms with E-state index in [1.54, 1.807) is 0 Å². The molecule has 1 aromatic rings. The van der Waals surface area contributed by atoms with Gasteiger partial charge < -0.3 is 14.9 Å². The van der Waals surface area contributed by atoms with E-state index in [1.165, 1.54) is 6.07 Å². The molecule has 0 unspecified atom stereocenters. The van der Waals surface area contributed by atoms with E-state index >= 15 is 0 Å². The van der Waals surface area contributed by atoms with Crippen LogP contribution in [0.3, 0.4) is 0 Å². The number of rotatable bonds is 5. The molecule has 5 nitrogen and oxygen atoms in total. The molecule has 2 N–H and O–H groups in total. The maximum atomic E-state index is 13.2. The number of carboxylic acid groups (broad SMARTS) is 1. The molecule has 0 aliphatic heterocycles. The number of hydrogen-bond acceptors (Lipinski definition) is 4. The number of carbonyl (C=O) groups is 2. The fourth-order valence-corrected chi connectivity index (χ4v) is 2.50. The van der Waals surface area contributed by atoms with Crippen LogP contribution in [0.25, 0.3) is 0 Å². The zero-order valence-corrected chi connectivity index (χ0v) is 11.4. The highest BCUT2D eigenvalue weighted by molar-refractivity contribution is 5.75. The van der Waals surface area contributed by atoms with Gasteiger partial charge >= 0.3 is 5.97 Å². The Bertz CT molecular complexity index is 535. The Morgan fingerprint density at radius 1 is 1.38 bits per heavy atom. The first-order valence-electron chi connectivity index (χ1n) is 6.76. The topological polar surface area (TPSA) is 83.8 Å². The molecule has 0 heterocycles. The summed E-state index contributed by atoms with van der Waals surface area (Å²) in [6.07, 6.45) is 1.93. The third kappa shape index (κ3) is 4.01. The Labute approximate surface area is 121 Å². The third-order valence-electron chi connectivity index (χ3n) is 3.80. The van der Waals surface area contributed by atoms with Crippen LogP contribution in [-0.2, 0) is 4.79 Å². The van der Waals surface area contributed by atoms with Crippen LogP contribution in [0.4, 0.5) is 4.39 Å². The Hall–Kier alpha value is -1.95. The van der Waals surface area contributed by atoms with E-state index in [0.717, 1.165) is 12.1 Å². The van der Waals surface area contributed by atoms with Gasteiger partial charge in [-0.05, 0) is 37.8 Å². The van der Waals surface area contributed by atoms with Crippen molar-refractivity contribution in [3.8, 4) is 5.75 Å². The third-order valence-corrected chi connectivity index (χ3v) is 3.80. The van der Waals surface area contributed by atoms with Crippen molar-refractivity contribution in [2.24, 2.45) is 5.92 Å². The van der Waals surface area contributed by atoms with Crippen molar-refractivity contribution in [1.29, 1.82) is 0 Å². The molecular weight excluding hydrogens is 279 g/mol. The number of hydrogen-bond donors (Lipinski definition) is 2. The van der Waals surface area contributed by atoms with Gasteiger partial charge in [-0.15, -0.1) is 0 Å². The summed E-state index contributed by atoms with van der Waals surface area (Å²) in [5, 5.41) is 19.3. The molecule has 0 saturated heterocycles. The molecule has 21 heavy (non-hydrogen) atoms. The van der Waals surface area contributed by atoms with E-state index in [4.69, 9.17) is 9.84 Å². The molecule has 1 fully saturated rings. The average molecular weight is 296 g/mol. The fraction of sp³-hybridized carbons (Fsp3) is 0.467. The molecule has 1 aliphatic rings. The van der Waals surface area contributed by atoms with E-state index in [0.29, 0.717) is 32.0 Å². The van der Waals surface area contributed by atoms with Gasteiger partial charge in [-0.3, -0.25) is 9.59 Å². The van der Waals surface area contributed by atoms with E-state index in [1.807, 2.05) is 0 Å². The molecule has 2 rings (SSSR count). The van der Waals surface area contributed by atoms with Crippen molar-refractivity contribution in [3.63, 3.8) is 0 Å². The number of carboxylic acids is 1. The lowest BCUT2D eigenvalue weighted by atomic mass is 9.79. The van der Waals surface area contributed by atoms with Crippen LogP contribution in [0.15, 0.2) is 18.2 Å². The minimum atomic E-state index is -1.11. The van der Waals surface area contributed by atoms with Gasteiger partial charge in [0.2, 0.25) is 0 Å². The van der Waals surface area contributed by atoms with Crippen LogP contribution >= 0.6 is 0 Å². The molecule has 1 aliphatic carbocycles. The molecule has 0 amide bonds. The molecule has 0 bridgehead atoms. The fourth-order valence-electron chi connectivity index (χ4n) is 2.50. The summed E-state index contributed by atoms with van der Waals surface area (Å²) in [6.45, 7) is -0.0545. The number of aliphatic carboxylic acids is 1. The van der Waals surface area contributed by atoms with Gasteiger partial charge in [-0.25, -0.2) is 4.39 Å². The second kappa shape index (κ2) is 6.22. The Kier molecular flexibility index (Phi) is 4.57. The second-order valence-corrected chi connectivity index (χ2v) is 5.46. The molecule has 0 spiro atoms. The summed E-state index contributed by atoms with van der Waals surface area (Å²) >= 11 is 0. The van der Waals surface area contributed by atoms with Crippen molar-refractivity contribution in [3.05, 3.63) is 29.6 Å². The highest BCUT2D eigenvalue weighted by Crippen LogP contribution is 2.33. The van der Waals surface area contributed by atoms with Crippen molar-refractivity contribution < 1.29 is 28.9 Å². The van der Waals surface area contributed by atoms with Crippen LogP contribution < -0.4 is 4.74 Å². The lowest BCUT2D eigenvalue weighted by molar-refractivity contribution is -0.145. The predicted molar refractivity (Wildman–Crippen MR) is 71.8 cm³/mol. The minimum Gasteiger partial charge on any atom is -0.490 e. The van der Waals surface area contributed by atoms with Crippen LogP contribution in [0, 0.1) is 11.7 Å². The summed E-state index contributed by atoms with van der Waals surface area (Å²) in [4.78, 5) is 21.5. The van der Waals surface area contributed by atoms with Gasteiger partial charge in [-0.2, -0.15) is 0 Å². The van der Waals surface area contributed by atoms with Crippen LogP contribution in [0.5, 0.6) is 5.75 Å². The summed E-state index contributed by atoms with van der Waals surface area (Å²) in [6, 6.07) is 3.62. The molecule has 1 saturated carbocycles. The van der Waals surface area contributed by atoms with Gasteiger partial charge in [-0.1, -0.05) is 0 Å². The zero-order chi connectivity index (χ0) is 15.5. The van der Waals surface area contributed by atoms with E-state index < -0.39 is 23.3 Å². The van der Waals surface area contributed by atoms with E-state index in [-0.39, 0.29) is 17.9 Å². The number of aldehydes is 1. The number of ether oxygens (including phenoxy) is 1. The number of benzene rings is 1. The van der Waals surface area contributed by atoms with Gasteiger partial charge in [0.1, 0.15) is 24.5 Å². The zero-order valence-electron chi connectivity index (χ0n) is 11.4. The van der Waals surface area contributed by atoms with Crippen molar-refractivity contribution in [2.45, 2.75) is 31.3 Å². The maximum absolute atomic E-state index is 13.2. The molecule has 0 aromatic heterocycles.